The number of nitrogens with one attached hydrogen (secondary N) is 1. The topological polar surface area (TPSA) is 58.6 Å². The van der Waals surface area contributed by atoms with Crippen LogP contribution < -0.4 is 15.0 Å². The van der Waals surface area contributed by atoms with Crippen molar-refractivity contribution < 1.29 is 14.3 Å². The van der Waals surface area contributed by atoms with Gasteiger partial charge in [0, 0.05) is 13.1 Å². The highest BCUT2D eigenvalue weighted by Crippen LogP contribution is 2.38. The van der Waals surface area contributed by atoms with Crippen LogP contribution in [0.4, 0.5) is 5.69 Å². The number of benzene rings is 1. The van der Waals surface area contributed by atoms with Crippen molar-refractivity contribution in [3.05, 3.63) is 23.3 Å². The Morgan fingerprint density at radius 3 is 2.67 bits per heavy atom. The first-order chi connectivity index (χ1) is 8.60. The standard InChI is InChI=1S/C13H16N2O3/c1-8-6-9-11(10(7-8)18-3)15(5-4-14-2)13(17)12(9)16/h6-7,14H,4-5H2,1-3H3. The smallest absolute Gasteiger partial charge is 0.299 e. The van der Waals surface area contributed by atoms with E-state index in [2.05, 4.69) is 5.32 Å². The summed E-state index contributed by atoms with van der Waals surface area (Å²) in [6.45, 7) is 2.94. The Labute approximate surface area is 106 Å². The Hall–Kier alpha value is -1.88. The normalized spacial score (nSPS) is 14.1. The van der Waals surface area contributed by atoms with E-state index < -0.39 is 11.7 Å². The Morgan fingerprint density at radius 2 is 2.06 bits per heavy atom. The van der Waals surface area contributed by atoms with Crippen LogP contribution in [0.15, 0.2) is 12.1 Å². The Balaban J connectivity index is 2.51. The molecule has 0 aromatic heterocycles. The number of nitrogens with zero attached hydrogens (tertiary/aromatic N) is 1. The zero-order valence-electron chi connectivity index (χ0n) is 10.7. The lowest BCUT2D eigenvalue weighted by atomic mass is 10.1. The molecule has 1 aliphatic heterocycles. The van der Waals surface area contributed by atoms with E-state index in [1.165, 1.54) is 4.90 Å². The summed E-state index contributed by atoms with van der Waals surface area (Å²) in [7, 11) is 3.34. The van der Waals surface area contributed by atoms with Crippen molar-refractivity contribution >= 4 is 17.4 Å². The van der Waals surface area contributed by atoms with Crippen molar-refractivity contribution in [3.63, 3.8) is 0 Å². The molecule has 1 amide bonds. The van der Waals surface area contributed by atoms with Gasteiger partial charge in [-0.3, -0.25) is 9.59 Å². The molecule has 1 aromatic rings. The molecule has 0 radical (unpaired) electrons. The number of hydrogen-bond donors (Lipinski definition) is 1. The van der Waals surface area contributed by atoms with E-state index in [9.17, 15) is 9.59 Å². The summed E-state index contributed by atoms with van der Waals surface area (Å²) in [6, 6.07) is 3.56. The average Bonchev–Trinajstić information content (AvgIpc) is 2.60. The monoisotopic (exact) mass is 248 g/mol. The summed E-state index contributed by atoms with van der Waals surface area (Å²) >= 11 is 0. The van der Waals surface area contributed by atoms with Crippen molar-refractivity contribution in [1.29, 1.82) is 0 Å². The SMILES string of the molecule is CNCCN1C(=O)C(=O)c2cc(C)cc(OC)c21. The van der Waals surface area contributed by atoms with Gasteiger partial charge in [0.25, 0.3) is 11.7 Å². The summed E-state index contributed by atoms with van der Waals surface area (Å²) in [5, 5.41) is 2.96. The maximum atomic E-state index is 11.9. The molecule has 0 aliphatic carbocycles. The van der Waals surface area contributed by atoms with Crippen LogP contribution in [0.1, 0.15) is 15.9 Å². The van der Waals surface area contributed by atoms with Crippen LogP contribution in [0, 0.1) is 6.92 Å². The molecule has 1 N–H and O–H groups in total. The van der Waals surface area contributed by atoms with Gasteiger partial charge in [0.05, 0.1) is 18.4 Å². The quantitative estimate of drug-likeness (QED) is 0.799. The molecule has 0 fully saturated rings. The first-order valence-electron chi connectivity index (χ1n) is 5.79. The highest BCUT2D eigenvalue weighted by Gasteiger charge is 2.38. The van der Waals surface area contributed by atoms with E-state index in [0.717, 1.165) is 5.56 Å². The molecule has 0 bridgehead atoms. The summed E-state index contributed by atoms with van der Waals surface area (Å²) in [5.41, 5.74) is 1.93. The van der Waals surface area contributed by atoms with Crippen LogP contribution in [-0.4, -0.2) is 38.9 Å². The number of amides is 1. The van der Waals surface area contributed by atoms with Crippen LogP contribution in [0.5, 0.6) is 5.75 Å². The second-order valence-corrected chi connectivity index (χ2v) is 4.25. The maximum absolute atomic E-state index is 11.9. The predicted octanol–water partition coefficient (Wildman–Crippen LogP) is 0.752. The molecule has 18 heavy (non-hydrogen) atoms. The second kappa shape index (κ2) is 4.78. The summed E-state index contributed by atoms with van der Waals surface area (Å²) in [6.07, 6.45) is 0. The van der Waals surface area contributed by atoms with Crippen LogP contribution >= 0.6 is 0 Å². The molecule has 0 unspecified atom stereocenters. The predicted molar refractivity (Wildman–Crippen MR) is 68.3 cm³/mol. The fourth-order valence-electron chi connectivity index (χ4n) is 2.13. The number of anilines is 1. The third-order valence-electron chi connectivity index (χ3n) is 2.98. The lowest BCUT2D eigenvalue weighted by Crippen LogP contribution is -2.35. The van der Waals surface area contributed by atoms with E-state index in [-0.39, 0.29) is 0 Å². The number of hydrogen-bond acceptors (Lipinski definition) is 4. The molecule has 1 aromatic carbocycles. The number of fused-ring (bicyclic) bond motifs is 1. The van der Waals surface area contributed by atoms with Gasteiger partial charge in [0.15, 0.2) is 0 Å². The first kappa shape index (κ1) is 12.6. The van der Waals surface area contributed by atoms with Crippen LogP contribution in [0.25, 0.3) is 0 Å². The summed E-state index contributed by atoms with van der Waals surface area (Å²) < 4.78 is 5.28. The van der Waals surface area contributed by atoms with Crippen molar-refractivity contribution in [2.45, 2.75) is 6.92 Å². The van der Waals surface area contributed by atoms with Gasteiger partial charge in [0.2, 0.25) is 0 Å². The van der Waals surface area contributed by atoms with Gasteiger partial charge in [-0.1, -0.05) is 0 Å². The van der Waals surface area contributed by atoms with Gasteiger partial charge >= 0.3 is 0 Å². The minimum absolute atomic E-state index is 0.438. The summed E-state index contributed by atoms with van der Waals surface area (Å²) in [4.78, 5) is 25.3. The average molecular weight is 248 g/mol. The Bertz CT molecular complexity index is 511. The lowest BCUT2D eigenvalue weighted by molar-refractivity contribution is -0.114. The van der Waals surface area contributed by atoms with Crippen molar-refractivity contribution in [3.8, 4) is 5.75 Å². The number of methoxy groups -OCH3 is 1. The number of likely N-dealkylation sites (N-methyl/N-ethyl adjacent to an activating group) is 1. The van der Waals surface area contributed by atoms with Crippen molar-refractivity contribution in [2.75, 3.05) is 32.1 Å². The molecule has 0 saturated carbocycles. The molecule has 96 valence electrons. The van der Waals surface area contributed by atoms with E-state index in [1.807, 2.05) is 13.0 Å². The Morgan fingerprint density at radius 1 is 1.33 bits per heavy atom. The van der Waals surface area contributed by atoms with Crippen LogP contribution in [0.2, 0.25) is 0 Å². The maximum Gasteiger partial charge on any atom is 0.299 e. The number of ketones is 1. The molecule has 0 spiro atoms. The highest BCUT2D eigenvalue weighted by atomic mass is 16.5. The zero-order chi connectivity index (χ0) is 13.3. The number of aryl methyl sites for hydroxylation is 1. The molecule has 0 saturated heterocycles. The third kappa shape index (κ3) is 1.86. The lowest BCUT2D eigenvalue weighted by Gasteiger charge is -2.18. The fraction of sp³-hybridized carbons (Fsp3) is 0.385. The largest absolute Gasteiger partial charge is 0.495 e. The van der Waals surface area contributed by atoms with Gasteiger partial charge < -0.3 is 15.0 Å². The van der Waals surface area contributed by atoms with E-state index >= 15 is 0 Å². The van der Waals surface area contributed by atoms with E-state index in [0.29, 0.717) is 30.1 Å². The molecule has 1 heterocycles. The minimum Gasteiger partial charge on any atom is -0.495 e. The minimum atomic E-state index is -0.482. The van der Waals surface area contributed by atoms with Gasteiger partial charge in [-0.05, 0) is 31.7 Å². The zero-order valence-corrected chi connectivity index (χ0v) is 10.7. The molecule has 0 atom stereocenters. The van der Waals surface area contributed by atoms with Crippen LogP contribution in [-0.2, 0) is 4.79 Å². The molecule has 1 aliphatic rings. The van der Waals surface area contributed by atoms with Gasteiger partial charge in [-0.2, -0.15) is 0 Å². The van der Waals surface area contributed by atoms with E-state index in [1.54, 1.807) is 20.2 Å². The van der Waals surface area contributed by atoms with Crippen molar-refractivity contribution in [2.24, 2.45) is 0 Å². The Kier molecular flexibility index (Phi) is 3.34. The number of rotatable bonds is 4. The van der Waals surface area contributed by atoms with Gasteiger partial charge in [-0.15, -0.1) is 0 Å². The summed E-state index contributed by atoms with van der Waals surface area (Å²) in [5.74, 6) is -0.368. The van der Waals surface area contributed by atoms with E-state index in [4.69, 9.17) is 4.74 Å². The molecule has 2 rings (SSSR count). The van der Waals surface area contributed by atoms with Gasteiger partial charge in [-0.25, -0.2) is 0 Å². The van der Waals surface area contributed by atoms with Crippen molar-refractivity contribution in [1.82, 2.24) is 5.32 Å². The molecular weight excluding hydrogens is 232 g/mol. The fourth-order valence-corrected chi connectivity index (χ4v) is 2.13. The number of ether oxygens (including phenoxy) is 1. The number of Topliss-reactive ketones (excluding diaryl/α,β-unsaturated/α-hetero) is 1. The molecule has 5 heteroatoms. The third-order valence-corrected chi connectivity index (χ3v) is 2.98. The second-order valence-electron chi connectivity index (χ2n) is 4.25. The number of carbonyl (C=O) groups is 2. The van der Waals surface area contributed by atoms with Crippen LogP contribution in [0.3, 0.4) is 0 Å². The number of carbonyl (C=O) groups excluding carboxylic acids is 2. The van der Waals surface area contributed by atoms with Gasteiger partial charge in [0.1, 0.15) is 5.75 Å². The molecular formula is C13H16N2O3. The highest BCUT2D eigenvalue weighted by molar-refractivity contribution is 6.52. The molecule has 5 nitrogen and oxygen atoms in total. The first-order valence-corrected chi connectivity index (χ1v) is 5.79.